The first-order valence-electron chi connectivity index (χ1n) is 10.4. The second kappa shape index (κ2) is 7.97. The summed E-state index contributed by atoms with van der Waals surface area (Å²) in [6, 6.07) is 13.3. The fourth-order valence-corrected chi connectivity index (χ4v) is 4.47. The van der Waals surface area contributed by atoms with Crippen molar-refractivity contribution in [3.8, 4) is 11.3 Å². The van der Waals surface area contributed by atoms with Crippen molar-refractivity contribution in [3.05, 3.63) is 81.7 Å². The maximum atomic E-state index is 13.9. The summed E-state index contributed by atoms with van der Waals surface area (Å²) in [5.74, 6) is -0.136. The number of rotatable bonds is 4. The molecule has 0 aliphatic carbocycles. The molecule has 3 heterocycles. The molecule has 0 radical (unpaired) electrons. The third kappa shape index (κ3) is 3.52. The lowest BCUT2D eigenvalue weighted by Crippen LogP contribution is -2.27. The molecular weight excluding hydrogens is 443 g/mol. The molecule has 2 N–H and O–H groups in total. The lowest BCUT2D eigenvalue weighted by Gasteiger charge is -2.18. The Morgan fingerprint density at radius 3 is 2.64 bits per heavy atom. The van der Waals surface area contributed by atoms with E-state index in [1.54, 1.807) is 27.4 Å². The normalized spacial score (nSPS) is 11.7. The molecule has 0 bridgehead atoms. The van der Waals surface area contributed by atoms with Crippen LogP contribution in [-0.4, -0.2) is 24.3 Å². The van der Waals surface area contributed by atoms with Crippen LogP contribution in [0.25, 0.3) is 33.1 Å². The number of hydrogen-bond donors (Lipinski definition) is 1. The van der Waals surface area contributed by atoms with Gasteiger partial charge in [-0.3, -0.25) is 4.79 Å². The fourth-order valence-electron chi connectivity index (χ4n) is 4.21. The highest BCUT2D eigenvalue weighted by Crippen LogP contribution is 2.31. The summed E-state index contributed by atoms with van der Waals surface area (Å²) in [6.07, 6.45) is 1.36. The van der Waals surface area contributed by atoms with Gasteiger partial charge >= 0.3 is 0 Å². The molecule has 33 heavy (non-hydrogen) atoms. The molecule has 0 saturated carbocycles. The number of nitrogen functional groups attached to an aromatic ring is 1. The minimum Gasteiger partial charge on any atom is -0.383 e. The summed E-state index contributed by atoms with van der Waals surface area (Å²) in [4.78, 5) is 21.8. The number of pyridine rings is 1. The van der Waals surface area contributed by atoms with Crippen molar-refractivity contribution in [2.24, 2.45) is 0 Å². The summed E-state index contributed by atoms with van der Waals surface area (Å²) in [5.41, 5.74) is 8.26. The van der Waals surface area contributed by atoms with Crippen molar-refractivity contribution in [1.29, 1.82) is 0 Å². The smallest absolute Gasteiger partial charge is 0.260 e. The summed E-state index contributed by atoms with van der Waals surface area (Å²) in [7, 11) is 0. The molecule has 0 unspecified atom stereocenters. The van der Waals surface area contributed by atoms with E-state index in [1.807, 2.05) is 32.0 Å². The van der Waals surface area contributed by atoms with Crippen molar-refractivity contribution in [1.82, 2.24) is 24.3 Å². The Labute approximate surface area is 193 Å². The molecule has 7 nitrogen and oxygen atoms in total. The minimum atomic E-state index is -0.384. The van der Waals surface area contributed by atoms with Gasteiger partial charge < -0.3 is 10.3 Å². The van der Waals surface area contributed by atoms with Crippen molar-refractivity contribution in [3.63, 3.8) is 0 Å². The molecule has 5 rings (SSSR count). The van der Waals surface area contributed by atoms with E-state index in [0.717, 1.165) is 11.1 Å². The largest absolute Gasteiger partial charge is 0.383 e. The van der Waals surface area contributed by atoms with Gasteiger partial charge in [-0.2, -0.15) is 5.10 Å². The van der Waals surface area contributed by atoms with Gasteiger partial charge in [-0.1, -0.05) is 35.9 Å². The molecule has 0 aliphatic heterocycles. The second-order valence-corrected chi connectivity index (χ2v) is 8.49. The maximum absolute atomic E-state index is 13.9. The van der Waals surface area contributed by atoms with Gasteiger partial charge in [-0.05, 0) is 43.5 Å². The second-order valence-electron chi connectivity index (χ2n) is 8.08. The van der Waals surface area contributed by atoms with Crippen LogP contribution in [0, 0.1) is 5.82 Å². The van der Waals surface area contributed by atoms with Crippen LogP contribution in [0.3, 0.4) is 0 Å². The van der Waals surface area contributed by atoms with Crippen LogP contribution in [0.15, 0.2) is 59.7 Å². The Morgan fingerprint density at radius 2 is 1.88 bits per heavy atom. The first-order chi connectivity index (χ1) is 15.8. The number of benzene rings is 2. The van der Waals surface area contributed by atoms with Gasteiger partial charge in [0.25, 0.3) is 5.56 Å². The highest BCUT2D eigenvalue weighted by atomic mass is 35.5. The van der Waals surface area contributed by atoms with Crippen LogP contribution in [0.5, 0.6) is 0 Å². The molecule has 0 amide bonds. The maximum Gasteiger partial charge on any atom is 0.260 e. The predicted molar refractivity (Wildman–Crippen MR) is 128 cm³/mol. The van der Waals surface area contributed by atoms with E-state index in [0.29, 0.717) is 32.7 Å². The Hall–Kier alpha value is -3.78. The molecular formula is C24H20ClFN6O. The number of halogens is 2. The SMILES string of the molecule is CC(C)n1c(Cn2nc(-c3cccc(F)c3)c3c(N)ncnc32)cc2cccc(Cl)c2c1=O. The van der Waals surface area contributed by atoms with E-state index in [4.69, 9.17) is 22.4 Å². The molecule has 3 aromatic heterocycles. The average Bonchev–Trinajstić information content (AvgIpc) is 3.13. The average molecular weight is 463 g/mol. The van der Waals surface area contributed by atoms with Crippen LogP contribution < -0.4 is 11.3 Å². The third-order valence-corrected chi connectivity index (χ3v) is 5.91. The summed E-state index contributed by atoms with van der Waals surface area (Å²) in [5, 5.41) is 6.88. The van der Waals surface area contributed by atoms with Crippen molar-refractivity contribution in [2.75, 3.05) is 5.73 Å². The van der Waals surface area contributed by atoms with E-state index in [9.17, 15) is 9.18 Å². The zero-order chi connectivity index (χ0) is 23.3. The topological polar surface area (TPSA) is 91.6 Å². The van der Waals surface area contributed by atoms with Gasteiger partial charge in [0.05, 0.1) is 22.3 Å². The van der Waals surface area contributed by atoms with Crippen molar-refractivity contribution >= 4 is 39.2 Å². The van der Waals surface area contributed by atoms with Gasteiger partial charge in [0.15, 0.2) is 5.65 Å². The number of fused-ring (bicyclic) bond motifs is 2. The van der Waals surface area contributed by atoms with Gasteiger partial charge in [0, 0.05) is 17.3 Å². The Bertz CT molecular complexity index is 1590. The monoisotopic (exact) mass is 462 g/mol. The minimum absolute atomic E-state index is 0.114. The first-order valence-corrected chi connectivity index (χ1v) is 10.8. The third-order valence-electron chi connectivity index (χ3n) is 5.59. The van der Waals surface area contributed by atoms with Gasteiger partial charge in [-0.15, -0.1) is 0 Å². The molecule has 0 spiro atoms. The van der Waals surface area contributed by atoms with Gasteiger partial charge in [-0.25, -0.2) is 19.0 Å². The molecule has 2 aromatic carbocycles. The summed E-state index contributed by atoms with van der Waals surface area (Å²) in [6.45, 7) is 4.12. The van der Waals surface area contributed by atoms with E-state index in [2.05, 4.69) is 9.97 Å². The van der Waals surface area contributed by atoms with E-state index in [-0.39, 0.29) is 29.8 Å². The number of hydrogen-bond acceptors (Lipinski definition) is 5. The fraction of sp³-hybridized carbons (Fsp3) is 0.167. The molecule has 9 heteroatoms. The quantitative estimate of drug-likeness (QED) is 0.413. The van der Waals surface area contributed by atoms with E-state index >= 15 is 0 Å². The number of aromatic nitrogens is 5. The van der Waals surface area contributed by atoms with E-state index in [1.165, 1.54) is 18.5 Å². The van der Waals surface area contributed by atoms with Crippen molar-refractivity contribution in [2.45, 2.75) is 26.4 Å². The summed E-state index contributed by atoms with van der Waals surface area (Å²) < 4.78 is 17.3. The molecule has 0 fully saturated rings. The number of anilines is 1. The highest BCUT2D eigenvalue weighted by Gasteiger charge is 2.20. The molecule has 5 aromatic rings. The predicted octanol–water partition coefficient (Wildman–Crippen LogP) is 4.81. The highest BCUT2D eigenvalue weighted by molar-refractivity contribution is 6.35. The molecule has 166 valence electrons. The summed E-state index contributed by atoms with van der Waals surface area (Å²) >= 11 is 6.34. The Kier molecular flexibility index (Phi) is 5.09. The molecule has 0 aliphatic rings. The van der Waals surface area contributed by atoms with Gasteiger partial charge in [0.1, 0.15) is 23.7 Å². The van der Waals surface area contributed by atoms with Crippen molar-refractivity contribution < 1.29 is 4.39 Å². The van der Waals surface area contributed by atoms with Crippen LogP contribution in [0.2, 0.25) is 5.02 Å². The zero-order valence-electron chi connectivity index (χ0n) is 18.0. The zero-order valence-corrected chi connectivity index (χ0v) is 18.7. The Balaban J connectivity index is 1.75. The van der Waals surface area contributed by atoms with Crippen LogP contribution in [0.4, 0.5) is 10.2 Å². The molecule has 0 atom stereocenters. The number of nitrogens with two attached hydrogens (primary N) is 1. The molecule has 0 saturated heterocycles. The lowest BCUT2D eigenvalue weighted by atomic mass is 10.1. The van der Waals surface area contributed by atoms with Crippen LogP contribution in [-0.2, 0) is 6.54 Å². The van der Waals surface area contributed by atoms with Crippen LogP contribution in [0.1, 0.15) is 25.6 Å². The van der Waals surface area contributed by atoms with Gasteiger partial charge in [0.2, 0.25) is 0 Å². The lowest BCUT2D eigenvalue weighted by molar-refractivity contribution is 0.534. The first kappa shape index (κ1) is 21.1. The Morgan fingerprint density at radius 1 is 1.09 bits per heavy atom. The standard InChI is InChI=1S/C24H20ClFN6O/c1-13(2)32-17(10-14-5-4-8-18(25)19(14)24(32)33)11-31-23-20(22(27)28-12-29-23)21(30-31)15-6-3-7-16(26)9-15/h3-10,12-13H,11H2,1-2H3,(H2,27,28,29). The van der Waals surface area contributed by atoms with E-state index < -0.39 is 0 Å². The van der Waals surface area contributed by atoms with Crippen LogP contribution >= 0.6 is 11.6 Å². The number of nitrogens with zero attached hydrogens (tertiary/aromatic N) is 5.